The van der Waals surface area contributed by atoms with Gasteiger partial charge in [0, 0.05) is 15.8 Å². The van der Waals surface area contributed by atoms with Crippen LogP contribution in [0.5, 0.6) is 0 Å². The average Bonchev–Trinajstić information content (AvgIpc) is 2.28. The summed E-state index contributed by atoms with van der Waals surface area (Å²) in [6, 6.07) is 12.9. The molecule has 0 aromatic heterocycles. The van der Waals surface area contributed by atoms with Gasteiger partial charge in [-0.3, -0.25) is 0 Å². The molecule has 1 N–H and O–H groups in total. The lowest BCUT2D eigenvalue weighted by Gasteiger charge is -2.10. The summed E-state index contributed by atoms with van der Waals surface area (Å²) < 4.78 is 14.2. The summed E-state index contributed by atoms with van der Waals surface area (Å²) >= 11 is 2.29. The Morgan fingerprint density at radius 2 is 2.00 bits per heavy atom. The first kappa shape index (κ1) is 12.4. The zero-order chi connectivity index (χ0) is 12.3. The van der Waals surface area contributed by atoms with Crippen LogP contribution in [0.1, 0.15) is 11.1 Å². The fraction of sp³-hybridized carbons (Fsp3) is 0.143. The van der Waals surface area contributed by atoms with E-state index in [1.54, 1.807) is 12.1 Å². The predicted molar refractivity (Wildman–Crippen MR) is 77.6 cm³/mol. The molecule has 17 heavy (non-hydrogen) atoms. The number of benzene rings is 2. The van der Waals surface area contributed by atoms with Gasteiger partial charge in [0.15, 0.2) is 0 Å². The van der Waals surface area contributed by atoms with Crippen molar-refractivity contribution in [1.82, 2.24) is 0 Å². The van der Waals surface area contributed by atoms with Crippen molar-refractivity contribution in [2.75, 3.05) is 5.32 Å². The number of aryl methyl sites for hydroxylation is 1. The van der Waals surface area contributed by atoms with Crippen LogP contribution in [0.4, 0.5) is 10.1 Å². The van der Waals surface area contributed by atoms with Crippen molar-refractivity contribution in [2.24, 2.45) is 0 Å². The van der Waals surface area contributed by atoms with Gasteiger partial charge in [-0.05, 0) is 71.0 Å². The maximum atomic E-state index is 13.0. The van der Waals surface area contributed by atoms with Gasteiger partial charge in [-0.25, -0.2) is 4.39 Å². The van der Waals surface area contributed by atoms with Gasteiger partial charge >= 0.3 is 0 Å². The smallest absolute Gasteiger partial charge is 0.123 e. The summed E-state index contributed by atoms with van der Waals surface area (Å²) in [6.07, 6.45) is 0. The first-order valence-corrected chi connectivity index (χ1v) is 6.47. The van der Waals surface area contributed by atoms with Gasteiger partial charge in [0.2, 0.25) is 0 Å². The number of hydrogen-bond donors (Lipinski definition) is 1. The van der Waals surface area contributed by atoms with E-state index in [0.29, 0.717) is 6.54 Å². The SMILES string of the molecule is Cc1cc(I)ccc1NCc1cccc(F)c1. The third kappa shape index (κ3) is 3.43. The molecule has 0 spiro atoms. The van der Waals surface area contributed by atoms with Crippen molar-refractivity contribution in [3.8, 4) is 0 Å². The van der Waals surface area contributed by atoms with E-state index in [0.717, 1.165) is 11.3 Å². The average molecular weight is 341 g/mol. The molecule has 2 aromatic carbocycles. The standard InChI is InChI=1S/C14H13FIN/c1-10-7-13(16)5-6-14(10)17-9-11-3-2-4-12(15)8-11/h2-8,17H,9H2,1H3. The Labute approximate surface area is 114 Å². The summed E-state index contributed by atoms with van der Waals surface area (Å²) in [5.41, 5.74) is 3.24. The van der Waals surface area contributed by atoms with Gasteiger partial charge in [-0.2, -0.15) is 0 Å². The highest BCUT2D eigenvalue weighted by Crippen LogP contribution is 2.18. The first-order valence-electron chi connectivity index (χ1n) is 5.39. The Kier molecular flexibility index (Phi) is 3.99. The van der Waals surface area contributed by atoms with Crippen molar-refractivity contribution in [3.05, 3.63) is 63.0 Å². The maximum absolute atomic E-state index is 13.0. The minimum Gasteiger partial charge on any atom is -0.381 e. The van der Waals surface area contributed by atoms with Crippen LogP contribution in [0.2, 0.25) is 0 Å². The molecule has 2 rings (SSSR count). The number of rotatable bonds is 3. The molecule has 0 fully saturated rings. The topological polar surface area (TPSA) is 12.0 Å². The van der Waals surface area contributed by atoms with Crippen LogP contribution in [0.25, 0.3) is 0 Å². The molecule has 88 valence electrons. The molecule has 0 saturated carbocycles. The number of nitrogens with one attached hydrogen (secondary N) is 1. The molecule has 0 aliphatic rings. The second-order valence-corrected chi connectivity index (χ2v) is 5.19. The molecule has 3 heteroatoms. The van der Waals surface area contributed by atoms with Gasteiger partial charge in [0.1, 0.15) is 5.82 Å². The van der Waals surface area contributed by atoms with Crippen LogP contribution < -0.4 is 5.32 Å². The molecular weight excluding hydrogens is 328 g/mol. The number of anilines is 1. The highest BCUT2D eigenvalue weighted by Gasteiger charge is 1.99. The monoisotopic (exact) mass is 341 g/mol. The lowest BCUT2D eigenvalue weighted by molar-refractivity contribution is 0.626. The van der Waals surface area contributed by atoms with E-state index in [-0.39, 0.29) is 5.82 Å². The molecular formula is C14H13FIN. The summed E-state index contributed by atoms with van der Waals surface area (Å²) in [6.45, 7) is 2.70. The molecule has 0 unspecified atom stereocenters. The third-order valence-electron chi connectivity index (χ3n) is 2.56. The summed E-state index contributed by atoms with van der Waals surface area (Å²) in [4.78, 5) is 0. The van der Waals surface area contributed by atoms with Crippen LogP contribution in [0.3, 0.4) is 0 Å². The van der Waals surface area contributed by atoms with E-state index >= 15 is 0 Å². The summed E-state index contributed by atoms with van der Waals surface area (Å²) in [5, 5.41) is 3.31. The number of halogens is 2. The van der Waals surface area contributed by atoms with Gasteiger partial charge in [0.05, 0.1) is 0 Å². The molecule has 0 aliphatic heterocycles. The second kappa shape index (κ2) is 5.49. The van der Waals surface area contributed by atoms with E-state index in [1.807, 2.05) is 6.07 Å². The summed E-state index contributed by atoms with van der Waals surface area (Å²) in [7, 11) is 0. The Morgan fingerprint density at radius 1 is 1.18 bits per heavy atom. The molecule has 0 aliphatic carbocycles. The van der Waals surface area contributed by atoms with Crippen LogP contribution in [-0.4, -0.2) is 0 Å². The maximum Gasteiger partial charge on any atom is 0.123 e. The van der Waals surface area contributed by atoms with Gasteiger partial charge in [-0.1, -0.05) is 12.1 Å². The first-order chi connectivity index (χ1) is 8.15. The lowest BCUT2D eigenvalue weighted by Crippen LogP contribution is -2.01. The predicted octanol–water partition coefficient (Wildman–Crippen LogP) is 4.35. The quantitative estimate of drug-likeness (QED) is 0.819. The molecule has 0 radical (unpaired) electrons. The van der Waals surface area contributed by atoms with Crippen molar-refractivity contribution >= 4 is 28.3 Å². The van der Waals surface area contributed by atoms with Crippen molar-refractivity contribution < 1.29 is 4.39 Å². The normalized spacial score (nSPS) is 10.3. The van der Waals surface area contributed by atoms with Crippen LogP contribution in [-0.2, 0) is 6.54 Å². The molecule has 0 heterocycles. The van der Waals surface area contributed by atoms with Crippen LogP contribution in [0.15, 0.2) is 42.5 Å². The minimum atomic E-state index is -0.191. The van der Waals surface area contributed by atoms with E-state index in [1.165, 1.54) is 15.2 Å². The Hall–Kier alpha value is -1.10. The van der Waals surface area contributed by atoms with Crippen LogP contribution >= 0.6 is 22.6 Å². The number of hydrogen-bond acceptors (Lipinski definition) is 1. The molecule has 1 nitrogen and oxygen atoms in total. The van der Waals surface area contributed by atoms with Gasteiger partial charge in [-0.15, -0.1) is 0 Å². The van der Waals surface area contributed by atoms with E-state index in [4.69, 9.17) is 0 Å². The Morgan fingerprint density at radius 3 is 2.71 bits per heavy atom. The molecule has 0 amide bonds. The molecule has 2 aromatic rings. The van der Waals surface area contributed by atoms with Crippen LogP contribution in [0, 0.1) is 16.3 Å². The molecule has 0 atom stereocenters. The fourth-order valence-electron chi connectivity index (χ4n) is 1.67. The highest BCUT2D eigenvalue weighted by molar-refractivity contribution is 14.1. The fourth-order valence-corrected chi connectivity index (χ4v) is 2.32. The minimum absolute atomic E-state index is 0.191. The van der Waals surface area contributed by atoms with Crippen molar-refractivity contribution in [3.63, 3.8) is 0 Å². The Balaban J connectivity index is 2.07. The highest BCUT2D eigenvalue weighted by atomic mass is 127. The van der Waals surface area contributed by atoms with E-state index in [9.17, 15) is 4.39 Å². The zero-order valence-corrected chi connectivity index (χ0v) is 11.7. The molecule has 0 bridgehead atoms. The van der Waals surface area contributed by atoms with Gasteiger partial charge in [0.25, 0.3) is 0 Å². The van der Waals surface area contributed by atoms with E-state index in [2.05, 4.69) is 53.0 Å². The largest absolute Gasteiger partial charge is 0.381 e. The molecule has 0 saturated heterocycles. The Bertz CT molecular complexity index is 525. The van der Waals surface area contributed by atoms with Gasteiger partial charge < -0.3 is 5.32 Å². The zero-order valence-electron chi connectivity index (χ0n) is 9.50. The van der Waals surface area contributed by atoms with E-state index < -0.39 is 0 Å². The lowest BCUT2D eigenvalue weighted by atomic mass is 10.2. The second-order valence-electron chi connectivity index (χ2n) is 3.94. The van der Waals surface area contributed by atoms with Crippen molar-refractivity contribution in [1.29, 1.82) is 0 Å². The summed E-state index contributed by atoms with van der Waals surface area (Å²) in [5.74, 6) is -0.191. The van der Waals surface area contributed by atoms with Crippen molar-refractivity contribution in [2.45, 2.75) is 13.5 Å². The third-order valence-corrected chi connectivity index (χ3v) is 3.23.